The molecule has 2 aromatic carbocycles. The zero-order chi connectivity index (χ0) is 21.6. The molecule has 4 rings (SSSR count). The number of nitrogens with one attached hydrogen (secondary N) is 1. The zero-order valence-corrected chi connectivity index (χ0v) is 17.6. The van der Waals surface area contributed by atoms with E-state index in [1.54, 1.807) is 24.2 Å². The number of benzene rings is 2. The molecule has 5 nitrogen and oxygen atoms in total. The van der Waals surface area contributed by atoms with Crippen LogP contribution in [0.15, 0.2) is 70.8 Å². The SMILES string of the molecule is O=C(NCc1cc(F)cc(F)c1)[C@@H]1CCCN(c2nccnc2Sc2ccccc2)C1. The first kappa shape index (κ1) is 21.2. The van der Waals surface area contributed by atoms with Crippen LogP contribution in [0.3, 0.4) is 0 Å². The Bertz CT molecular complexity index is 1030. The van der Waals surface area contributed by atoms with Crippen molar-refractivity contribution in [3.8, 4) is 0 Å². The first-order chi connectivity index (χ1) is 15.1. The Morgan fingerprint density at radius 3 is 2.61 bits per heavy atom. The third-order valence-electron chi connectivity index (χ3n) is 5.09. The predicted octanol–water partition coefficient (Wildman–Crippen LogP) is 4.44. The third kappa shape index (κ3) is 5.58. The van der Waals surface area contributed by atoms with E-state index in [-0.39, 0.29) is 18.4 Å². The van der Waals surface area contributed by atoms with Crippen LogP contribution in [0.4, 0.5) is 14.6 Å². The van der Waals surface area contributed by atoms with Crippen LogP contribution in [0, 0.1) is 17.6 Å². The smallest absolute Gasteiger partial charge is 0.225 e. The van der Waals surface area contributed by atoms with Crippen LogP contribution in [0.2, 0.25) is 0 Å². The fourth-order valence-corrected chi connectivity index (χ4v) is 4.54. The lowest BCUT2D eigenvalue weighted by atomic mass is 9.97. The van der Waals surface area contributed by atoms with Crippen molar-refractivity contribution in [1.29, 1.82) is 0 Å². The minimum Gasteiger partial charge on any atom is -0.354 e. The Morgan fingerprint density at radius 2 is 1.84 bits per heavy atom. The summed E-state index contributed by atoms with van der Waals surface area (Å²) in [5.41, 5.74) is 0.397. The highest BCUT2D eigenvalue weighted by Crippen LogP contribution is 2.33. The van der Waals surface area contributed by atoms with Crippen LogP contribution in [0.1, 0.15) is 18.4 Å². The number of anilines is 1. The second-order valence-corrected chi connectivity index (χ2v) is 8.44. The monoisotopic (exact) mass is 440 g/mol. The highest BCUT2D eigenvalue weighted by Gasteiger charge is 2.28. The maximum Gasteiger partial charge on any atom is 0.225 e. The summed E-state index contributed by atoms with van der Waals surface area (Å²) in [6.07, 6.45) is 4.92. The van der Waals surface area contributed by atoms with E-state index in [0.717, 1.165) is 41.2 Å². The number of amides is 1. The van der Waals surface area contributed by atoms with Gasteiger partial charge in [-0.15, -0.1) is 0 Å². The fourth-order valence-electron chi connectivity index (χ4n) is 3.64. The number of halogens is 2. The second kappa shape index (κ2) is 9.87. The first-order valence-electron chi connectivity index (χ1n) is 10.1. The molecule has 0 saturated carbocycles. The van der Waals surface area contributed by atoms with E-state index in [1.165, 1.54) is 12.1 Å². The molecule has 2 heterocycles. The Balaban J connectivity index is 1.42. The summed E-state index contributed by atoms with van der Waals surface area (Å²) in [7, 11) is 0. The Hall–Kier alpha value is -3.00. The highest BCUT2D eigenvalue weighted by atomic mass is 32.2. The number of aromatic nitrogens is 2. The van der Waals surface area contributed by atoms with Gasteiger partial charge in [-0.3, -0.25) is 4.79 Å². The van der Waals surface area contributed by atoms with Crippen LogP contribution in [0.25, 0.3) is 0 Å². The van der Waals surface area contributed by atoms with Crippen molar-refractivity contribution in [1.82, 2.24) is 15.3 Å². The minimum atomic E-state index is -0.654. The number of hydrogen-bond acceptors (Lipinski definition) is 5. The second-order valence-electron chi connectivity index (χ2n) is 7.38. The summed E-state index contributed by atoms with van der Waals surface area (Å²) in [5.74, 6) is -0.904. The van der Waals surface area contributed by atoms with Gasteiger partial charge in [0.25, 0.3) is 0 Å². The van der Waals surface area contributed by atoms with Gasteiger partial charge in [0.05, 0.1) is 5.92 Å². The molecule has 1 aromatic heterocycles. The average Bonchev–Trinajstić information content (AvgIpc) is 2.78. The van der Waals surface area contributed by atoms with Gasteiger partial charge >= 0.3 is 0 Å². The van der Waals surface area contributed by atoms with Gasteiger partial charge in [0.15, 0.2) is 5.82 Å². The molecule has 1 aliphatic rings. The lowest BCUT2D eigenvalue weighted by Gasteiger charge is -2.33. The van der Waals surface area contributed by atoms with E-state index in [9.17, 15) is 13.6 Å². The molecule has 1 atom stereocenters. The molecule has 0 radical (unpaired) electrons. The molecule has 0 unspecified atom stereocenters. The number of carbonyl (C=O) groups is 1. The van der Waals surface area contributed by atoms with E-state index >= 15 is 0 Å². The maximum atomic E-state index is 13.4. The molecule has 3 aromatic rings. The molecule has 0 spiro atoms. The standard InChI is InChI=1S/C23H22F2N4OS/c24-18-11-16(12-19(25)13-18)14-28-22(30)17-5-4-10-29(15-17)21-23(27-9-8-26-21)31-20-6-2-1-3-7-20/h1-3,6-9,11-13,17H,4-5,10,14-15H2,(H,28,30)/t17-/m1/s1. The summed E-state index contributed by atoms with van der Waals surface area (Å²) >= 11 is 1.54. The van der Waals surface area contributed by atoms with Gasteiger partial charge in [0.2, 0.25) is 5.91 Å². The minimum absolute atomic E-state index is 0.0876. The molecule has 0 aliphatic carbocycles. The van der Waals surface area contributed by atoms with E-state index in [4.69, 9.17) is 0 Å². The van der Waals surface area contributed by atoms with Gasteiger partial charge in [-0.25, -0.2) is 18.7 Å². The van der Waals surface area contributed by atoms with E-state index in [1.807, 2.05) is 30.3 Å². The van der Waals surface area contributed by atoms with Crippen molar-refractivity contribution < 1.29 is 13.6 Å². The number of piperidine rings is 1. The van der Waals surface area contributed by atoms with Crippen molar-refractivity contribution in [2.75, 3.05) is 18.0 Å². The Labute approximate surface area is 183 Å². The molecular formula is C23H22F2N4OS. The Kier molecular flexibility index (Phi) is 6.76. The van der Waals surface area contributed by atoms with Crippen molar-refractivity contribution in [2.24, 2.45) is 5.92 Å². The van der Waals surface area contributed by atoms with Crippen molar-refractivity contribution in [3.63, 3.8) is 0 Å². The van der Waals surface area contributed by atoms with E-state index in [2.05, 4.69) is 20.2 Å². The van der Waals surface area contributed by atoms with Crippen molar-refractivity contribution >= 4 is 23.5 Å². The van der Waals surface area contributed by atoms with Crippen LogP contribution in [-0.4, -0.2) is 29.0 Å². The third-order valence-corrected chi connectivity index (χ3v) is 6.07. The number of carbonyl (C=O) groups excluding carboxylic acids is 1. The summed E-state index contributed by atoms with van der Waals surface area (Å²) in [6.45, 7) is 1.40. The van der Waals surface area contributed by atoms with Gasteiger partial charge in [0, 0.05) is 43.0 Å². The molecule has 1 N–H and O–H groups in total. The van der Waals surface area contributed by atoms with Gasteiger partial charge < -0.3 is 10.2 Å². The summed E-state index contributed by atoms with van der Waals surface area (Å²) < 4.78 is 26.7. The molecule has 1 fully saturated rings. The molecule has 160 valence electrons. The number of rotatable bonds is 6. The van der Waals surface area contributed by atoms with Crippen LogP contribution < -0.4 is 10.2 Å². The Morgan fingerprint density at radius 1 is 1.10 bits per heavy atom. The van der Waals surface area contributed by atoms with Crippen LogP contribution >= 0.6 is 11.8 Å². The molecule has 31 heavy (non-hydrogen) atoms. The lowest BCUT2D eigenvalue weighted by molar-refractivity contribution is -0.125. The molecule has 1 aliphatic heterocycles. The quantitative estimate of drug-likeness (QED) is 0.614. The maximum absolute atomic E-state index is 13.4. The van der Waals surface area contributed by atoms with Crippen LogP contribution in [0.5, 0.6) is 0 Å². The number of hydrogen-bond donors (Lipinski definition) is 1. The number of nitrogens with zero attached hydrogens (tertiary/aromatic N) is 3. The zero-order valence-electron chi connectivity index (χ0n) is 16.8. The summed E-state index contributed by atoms with van der Waals surface area (Å²) in [6, 6.07) is 13.2. The van der Waals surface area contributed by atoms with Gasteiger partial charge in [-0.1, -0.05) is 30.0 Å². The topological polar surface area (TPSA) is 58.1 Å². The van der Waals surface area contributed by atoms with Crippen molar-refractivity contribution in [3.05, 3.63) is 78.1 Å². The largest absolute Gasteiger partial charge is 0.354 e. The molecule has 1 saturated heterocycles. The summed E-state index contributed by atoms with van der Waals surface area (Å²) in [5, 5.41) is 3.61. The summed E-state index contributed by atoms with van der Waals surface area (Å²) in [4.78, 5) is 24.9. The predicted molar refractivity (Wildman–Crippen MR) is 116 cm³/mol. The first-order valence-corrected chi connectivity index (χ1v) is 10.9. The molecule has 8 heteroatoms. The molecular weight excluding hydrogens is 418 g/mol. The van der Waals surface area contributed by atoms with E-state index in [0.29, 0.717) is 12.1 Å². The van der Waals surface area contributed by atoms with Crippen LogP contribution in [-0.2, 0) is 11.3 Å². The normalized spacial score (nSPS) is 16.2. The van der Waals surface area contributed by atoms with Gasteiger partial charge in [0.1, 0.15) is 16.7 Å². The average molecular weight is 441 g/mol. The molecule has 0 bridgehead atoms. The lowest BCUT2D eigenvalue weighted by Crippen LogP contribution is -2.43. The highest BCUT2D eigenvalue weighted by molar-refractivity contribution is 7.99. The van der Waals surface area contributed by atoms with E-state index < -0.39 is 11.6 Å². The van der Waals surface area contributed by atoms with Gasteiger partial charge in [-0.2, -0.15) is 0 Å². The fraction of sp³-hybridized carbons (Fsp3) is 0.261. The molecule has 1 amide bonds. The van der Waals surface area contributed by atoms with Gasteiger partial charge in [-0.05, 0) is 42.7 Å². The van der Waals surface area contributed by atoms with Crippen molar-refractivity contribution in [2.45, 2.75) is 29.3 Å².